The van der Waals surface area contributed by atoms with Gasteiger partial charge in [-0.25, -0.2) is 0 Å². The van der Waals surface area contributed by atoms with E-state index in [4.69, 9.17) is 4.52 Å². The Bertz CT molecular complexity index is 837. The Labute approximate surface area is 140 Å². The van der Waals surface area contributed by atoms with Crippen LogP contribution in [0.4, 0.5) is 0 Å². The van der Waals surface area contributed by atoms with E-state index in [0.717, 1.165) is 11.1 Å². The largest absolute Gasteiger partial charge is 0.338 e. The molecule has 0 unspecified atom stereocenters. The molecular formula is C19H19N3O2. The van der Waals surface area contributed by atoms with Crippen LogP contribution in [0.3, 0.4) is 0 Å². The molecule has 0 aliphatic carbocycles. The fraction of sp³-hybridized carbons (Fsp3) is 0.211. The van der Waals surface area contributed by atoms with Crippen molar-refractivity contribution in [3.05, 3.63) is 71.6 Å². The molecule has 5 heteroatoms. The zero-order chi connectivity index (χ0) is 17.2. The molecule has 122 valence electrons. The third-order valence-electron chi connectivity index (χ3n) is 3.73. The van der Waals surface area contributed by atoms with Gasteiger partial charge in [0.2, 0.25) is 5.82 Å². The number of amides is 1. The number of aryl methyl sites for hydroxylation is 1. The van der Waals surface area contributed by atoms with Gasteiger partial charge in [0.05, 0.1) is 0 Å². The lowest BCUT2D eigenvalue weighted by Gasteiger charge is -2.21. The van der Waals surface area contributed by atoms with Crippen molar-refractivity contribution in [2.24, 2.45) is 0 Å². The van der Waals surface area contributed by atoms with E-state index >= 15 is 0 Å². The molecule has 0 spiro atoms. The molecule has 24 heavy (non-hydrogen) atoms. The summed E-state index contributed by atoms with van der Waals surface area (Å²) in [5, 5.41) is 6.95. The Morgan fingerprint density at radius 3 is 2.38 bits per heavy atom. The van der Waals surface area contributed by atoms with Crippen LogP contribution in [0.25, 0.3) is 11.4 Å². The monoisotopic (exact) mass is 321 g/mol. The van der Waals surface area contributed by atoms with Gasteiger partial charge in [-0.05, 0) is 32.9 Å². The van der Waals surface area contributed by atoms with Crippen molar-refractivity contribution in [1.82, 2.24) is 15.5 Å². The summed E-state index contributed by atoms with van der Waals surface area (Å²) < 4.78 is 5.38. The fourth-order valence-corrected chi connectivity index (χ4v) is 2.30. The van der Waals surface area contributed by atoms with Gasteiger partial charge in [0, 0.05) is 11.1 Å². The van der Waals surface area contributed by atoms with Gasteiger partial charge in [-0.15, -0.1) is 0 Å². The van der Waals surface area contributed by atoms with Crippen molar-refractivity contribution < 1.29 is 9.32 Å². The van der Waals surface area contributed by atoms with Crippen LogP contribution in [-0.4, -0.2) is 16.0 Å². The molecule has 0 radical (unpaired) electrons. The van der Waals surface area contributed by atoms with Crippen LogP contribution < -0.4 is 5.32 Å². The van der Waals surface area contributed by atoms with Crippen molar-refractivity contribution in [2.45, 2.75) is 26.3 Å². The average Bonchev–Trinajstić information content (AvgIpc) is 3.07. The first-order valence-electron chi connectivity index (χ1n) is 7.74. The SMILES string of the molecule is Cc1ccc(-c2noc(C(C)(C)NC(=O)c3ccccc3)n2)cc1. The summed E-state index contributed by atoms with van der Waals surface area (Å²) in [6.07, 6.45) is 0. The standard InChI is InChI=1S/C19H19N3O2/c1-13-9-11-14(12-10-13)16-20-18(24-22-16)19(2,3)21-17(23)15-7-5-4-6-8-15/h4-12H,1-3H3,(H,21,23). The van der Waals surface area contributed by atoms with Crippen molar-refractivity contribution in [3.8, 4) is 11.4 Å². The van der Waals surface area contributed by atoms with Crippen LogP contribution >= 0.6 is 0 Å². The van der Waals surface area contributed by atoms with Crippen LogP contribution in [0.1, 0.15) is 35.7 Å². The molecule has 0 saturated heterocycles. The Kier molecular flexibility index (Phi) is 4.16. The van der Waals surface area contributed by atoms with E-state index in [-0.39, 0.29) is 5.91 Å². The molecule has 1 heterocycles. The number of nitrogens with one attached hydrogen (secondary N) is 1. The lowest BCUT2D eigenvalue weighted by molar-refractivity contribution is 0.0895. The van der Waals surface area contributed by atoms with Gasteiger partial charge in [0.15, 0.2) is 0 Å². The van der Waals surface area contributed by atoms with Crippen LogP contribution in [0.15, 0.2) is 59.1 Å². The minimum atomic E-state index is -0.775. The van der Waals surface area contributed by atoms with Gasteiger partial charge in [-0.2, -0.15) is 4.98 Å². The van der Waals surface area contributed by atoms with Crippen LogP contribution in [0.2, 0.25) is 0 Å². The first-order chi connectivity index (χ1) is 11.5. The number of rotatable bonds is 4. The molecule has 1 N–H and O–H groups in total. The minimum absolute atomic E-state index is 0.185. The third kappa shape index (κ3) is 3.35. The topological polar surface area (TPSA) is 68.0 Å². The van der Waals surface area contributed by atoms with E-state index in [9.17, 15) is 4.79 Å². The molecule has 3 rings (SSSR count). The van der Waals surface area contributed by atoms with E-state index < -0.39 is 5.54 Å². The van der Waals surface area contributed by atoms with Gasteiger partial charge < -0.3 is 9.84 Å². The lowest BCUT2D eigenvalue weighted by atomic mass is 10.0. The van der Waals surface area contributed by atoms with Crippen LogP contribution in [0, 0.1) is 6.92 Å². The van der Waals surface area contributed by atoms with Gasteiger partial charge in [-0.1, -0.05) is 53.2 Å². The predicted octanol–water partition coefficient (Wildman–Crippen LogP) is 3.71. The van der Waals surface area contributed by atoms with Gasteiger partial charge >= 0.3 is 0 Å². The van der Waals surface area contributed by atoms with Gasteiger partial charge in [-0.3, -0.25) is 4.79 Å². The maximum Gasteiger partial charge on any atom is 0.252 e. The highest BCUT2D eigenvalue weighted by atomic mass is 16.5. The van der Waals surface area contributed by atoms with E-state index in [0.29, 0.717) is 17.3 Å². The van der Waals surface area contributed by atoms with Gasteiger partial charge in [0.25, 0.3) is 11.8 Å². The van der Waals surface area contributed by atoms with Crippen molar-refractivity contribution in [3.63, 3.8) is 0 Å². The number of hydrogen-bond acceptors (Lipinski definition) is 4. The summed E-state index contributed by atoms with van der Waals surface area (Å²) in [4.78, 5) is 16.8. The molecule has 0 fully saturated rings. The molecule has 0 saturated carbocycles. The minimum Gasteiger partial charge on any atom is -0.338 e. The highest BCUT2D eigenvalue weighted by Gasteiger charge is 2.30. The van der Waals surface area contributed by atoms with E-state index in [1.807, 2.05) is 63.2 Å². The predicted molar refractivity (Wildman–Crippen MR) is 91.4 cm³/mol. The van der Waals surface area contributed by atoms with Crippen LogP contribution in [-0.2, 0) is 5.54 Å². The van der Waals surface area contributed by atoms with Crippen molar-refractivity contribution in [1.29, 1.82) is 0 Å². The van der Waals surface area contributed by atoms with E-state index in [2.05, 4.69) is 15.5 Å². The van der Waals surface area contributed by atoms with E-state index in [1.165, 1.54) is 0 Å². The zero-order valence-corrected chi connectivity index (χ0v) is 13.9. The number of nitrogens with zero attached hydrogens (tertiary/aromatic N) is 2. The van der Waals surface area contributed by atoms with Crippen molar-refractivity contribution >= 4 is 5.91 Å². The first kappa shape index (κ1) is 15.9. The lowest BCUT2D eigenvalue weighted by Crippen LogP contribution is -2.41. The number of carbonyl (C=O) groups is 1. The molecule has 1 aromatic heterocycles. The molecule has 0 atom stereocenters. The van der Waals surface area contributed by atoms with Crippen LogP contribution in [0.5, 0.6) is 0 Å². The summed E-state index contributed by atoms with van der Waals surface area (Å²) in [7, 11) is 0. The molecule has 5 nitrogen and oxygen atoms in total. The Hall–Kier alpha value is -2.95. The van der Waals surface area contributed by atoms with Gasteiger partial charge in [0.1, 0.15) is 5.54 Å². The number of carbonyl (C=O) groups excluding carboxylic acids is 1. The smallest absolute Gasteiger partial charge is 0.252 e. The molecule has 2 aromatic carbocycles. The number of aromatic nitrogens is 2. The molecule has 0 aliphatic rings. The summed E-state index contributed by atoms with van der Waals surface area (Å²) in [5.41, 5.74) is 1.85. The quantitative estimate of drug-likeness (QED) is 0.795. The second kappa shape index (κ2) is 6.28. The average molecular weight is 321 g/mol. The Morgan fingerprint density at radius 1 is 1.04 bits per heavy atom. The molecule has 0 aliphatic heterocycles. The van der Waals surface area contributed by atoms with Crippen molar-refractivity contribution in [2.75, 3.05) is 0 Å². The third-order valence-corrected chi connectivity index (χ3v) is 3.73. The summed E-state index contributed by atoms with van der Waals surface area (Å²) in [6, 6.07) is 16.9. The maximum absolute atomic E-state index is 12.3. The molecule has 3 aromatic rings. The second-order valence-corrected chi connectivity index (χ2v) is 6.23. The summed E-state index contributed by atoms with van der Waals surface area (Å²) in [6.45, 7) is 5.69. The second-order valence-electron chi connectivity index (χ2n) is 6.23. The number of benzene rings is 2. The molecule has 0 bridgehead atoms. The molecular weight excluding hydrogens is 302 g/mol. The molecule has 1 amide bonds. The highest BCUT2D eigenvalue weighted by molar-refractivity contribution is 5.94. The summed E-state index contributed by atoms with van der Waals surface area (Å²) >= 11 is 0. The normalized spacial score (nSPS) is 11.3. The first-order valence-corrected chi connectivity index (χ1v) is 7.74. The fourth-order valence-electron chi connectivity index (χ4n) is 2.30. The highest BCUT2D eigenvalue weighted by Crippen LogP contribution is 2.23. The number of hydrogen-bond donors (Lipinski definition) is 1. The Balaban J connectivity index is 1.80. The van der Waals surface area contributed by atoms with E-state index in [1.54, 1.807) is 12.1 Å². The Morgan fingerprint density at radius 2 is 1.71 bits per heavy atom. The maximum atomic E-state index is 12.3. The summed E-state index contributed by atoms with van der Waals surface area (Å²) in [5.74, 6) is 0.685. The zero-order valence-electron chi connectivity index (χ0n) is 13.9.